The topological polar surface area (TPSA) is 88.1 Å². The van der Waals surface area contributed by atoms with Gasteiger partial charge in [0, 0.05) is 42.5 Å². The summed E-state index contributed by atoms with van der Waals surface area (Å²) in [5.74, 6) is -0.177. The number of rotatable bonds is 5. The van der Waals surface area contributed by atoms with E-state index in [0.717, 1.165) is 39.7 Å². The van der Waals surface area contributed by atoms with Crippen molar-refractivity contribution < 1.29 is 9.59 Å². The Morgan fingerprint density at radius 2 is 2.17 bits per heavy atom. The highest BCUT2D eigenvalue weighted by Gasteiger charge is 2.26. The van der Waals surface area contributed by atoms with Crippen LogP contribution in [0.4, 0.5) is 0 Å². The van der Waals surface area contributed by atoms with Gasteiger partial charge in [-0.3, -0.25) is 14.6 Å². The Hall–Kier alpha value is -2.91. The number of aryl methyl sites for hydroxylation is 2. The van der Waals surface area contributed by atoms with Crippen molar-refractivity contribution in [1.29, 1.82) is 0 Å². The van der Waals surface area contributed by atoms with Gasteiger partial charge in [-0.2, -0.15) is 0 Å². The van der Waals surface area contributed by atoms with Crippen LogP contribution < -0.4 is 5.32 Å². The highest BCUT2D eigenvalue weighted by atomic mass is 32.1. The van der Waals surface area contributed by atoms with E-state index in [9.17, 15) is 9.59 Å². The van der Waals surface area contributed by atoms with Crippen molar-refractivity contribution in [2.75, 3.05) is 6.54 Å². The van der Waals surface area contributed by atoms with Gasteiger partial charge in [0.05, 0.1) is 5.69 Å². The molecule has 154 valence electrons. The maximum Gasteiger partial charge on any atom is 0.267 e. The molecule has 0 unspecified atom stereocenters. The molecule has 30 heavy (non-hydrogen) atoms. The van der Waals surface area contributed by atoms with Gasteiger partial charge in [0.1, 0.15) is 4.88 Å². The first-order chi connectivity index (χ1) is 14.5. The molecule has 0 atom stereocenters. The predicted molar refractivity (Wildman–Crippen MR) is 117 cm³/mol. The average Bonchev–Trinajstić information content (AvgIpc) is 3.42. The van der Waals surface area contributed by atoms with Crippen molar-refractivity contribution >= 4 is 40.8 Å². The SMILES string of the molecule is Cc1nnsc1C(=O)N1CCc2c(cnc(C)c2CNC(=O)/C=C/c2cccs2)C1. The summed E-state index contributed by atoms with van der Waals surface area (Å²) in [6.07, 6.45) is 5.93. The molecule has 4 rings (SSSR count). The van der Waals surface area contributed by atoms with Crippen molar-refractivity contribution in [2.24, 2.45) is 0 Å². The minimum absolute atomic E-state index is 0.0395. The third kappa shape index (κ3) is 4.31. The summed E-state index contributed by atoms with van der Waals surface area (Å²) < 4.78 is 3.87. The van der Waals surface area contributed by atoms with Crippen LogP contribution in [0.1, 0.15) is 42.6 Å². The number of aromatic nitrogens is 3. The molecular weight excluding hydrogens is 418 g/mol. The van der Waals surface area contributed by atoms with Crippen LogP contribution in [0.5, 0.6) is 0 Å². The molecule has 2 amide bonds. The van der Waals surface area contributed by atoms with Gasteiger partial charge in [-0.1, -0.05) is 10.6 Å². The van der Waals surface area contributed by atoms with E-state index in [1.165, 1.54) is 5.56 Å². The number of pyridine rings is 1. The molecule has 0 saturated carbocycles. The van der Waals surface area contributed by atoms with Crippen LogP contribution in [0.15, 0.2) is 29.8 Å². The highest BCUT2D eigenvalue weighted by Crippen LogP contribution is 2.26. The van der Waals surface area contributed by atoms with Crippen molar-refractivity contribution in [2.45, 2.75) is 33.4 Å². The van der Waals surface area contributed by atoms with E-state index in [0.29, 0.717) is 30.2 Å². The minimum Gasteiger partial charge on any atom is -0.348 e. The zero-order valence-corrected chi connectivity index (χ0v) is 18.3. The zero-order valence-electron chi connectivity index (χ0n) is 16.7. The number of thiophene rings is 1. The van der Waals surface area contributed by atoms with E-state index in [1.807, 2.05) is 41.6 Å². The maximum absolute atomic E-state index is 12.8. The van der Waals surface area contributed by atoms with Gasteiger partial charge in [0.15, 0.2) is 0 Å². The lowest BCUT2D eigenvalue weighted by atomic mass is 9.94. The smallest absolute Gasteiger partial charge is 0.267 e. The summed E-state index contributed by atoms with van der Waals surface area (Å²) in [6, 6.07) is 3.92. The molecule has 3 aromatic rings. The highest BCUT2D eigenvalue weighted by molar-refractivity contribution is 7.10. The van der Waals surface area contributed by atoms with Gasteiger partial charge < -0.3 is 10.2 Å². The Morgan fingerprint density at radius 3 is 2.90 bits per heavy atom. The number of carbonyl (C=O) groups excluding carboxylic acids is 2. The molecule has 0 aromatic carbocycles. The first-order valence-electron chi connectivity index (χ1n) is 9.57. The van der Waals surface area contributed by atoms with Gasteiger partial charge in [-0.15, -0.1) is 16.4 Å². The molecule has 0 aliphatic carbocycles. The number of amides is 2. The zero-order chi connectivity index (χ0) is 21.1. The number of nitrogens with one attached hydrogen (secondary N) is 1. The van der Waals surface area contributed by atoms with E-state index in [4.69, 9.17) is 0 Å². The molecule has 0 fully saturated rings. The molecule has 0 spiro atoms. The van der Waals surface area contributed by atoms with Gasteiger partial charge in [-0.25, -0.2) is 0 Å². The summed E-state index contributed by atoms with van der Waals surface area (Å²) >= 11 is 2.72. The lowest BCUT2D eigenvalue weighted by Gasteiger charge is -2.30. The molecular formula is C21H21N5O2S2. The number of nitrogens with zero attached hydrogens (tertiary/aromatic N) is 4. The molecule has 7 nitrogen and oxygen atoms in total. The molecule has 3 aromatic heterocycles. The third-order valence-corrected chi connectivity index (χ3v) is 6.76. The average molecular weight is 440 g/mol. The number of fused-ring (bicyclic) bond motifs is 1. The standard InChI is InChI=1S/C21H21N5O2S2/c1-13-18(11-23-19(27)6-5-16-4-3-9-29-16)17-7-8-26(12-15(17)10-22-13)21(28)20-14(2)24-25-30-20/h3-6,9-10H,7-8,11-12H2,1-2H3,(H,23,27)/b6-5+. The van der Waals surface area contributed by atoms with Crippen LogP contribution in [-0.4, -0.2) is 37.8 Å². The van der Waals surface area contributed by atoms with E-state index < -0.39 is 0 Å². The summed E-state index contributed by atoms with van der Waals surface area (Å²) in [5, 5.41) is 8.87. The Morgan fingerprint density at radius 1 is 1.30 bits per heavy atom. The first kappa shape index (κ1) is 20.4. The predicted octanol–water partition coefficient (Wildman–Crippen LogP) is 3.14. The fraction of sp³-hybridized carbons (Fsp3) is 0.286. The molecule has 4 heterocycles. The Balaban J connectivity index is 1.46. The van der Waals surface area contributed by atoms with Gasteiger partial charge >= 0.3 is 0 Å². The summed E-state index contributed by atoms with van der Waals surface area (Å²) in [7, 11) is 0. The van der Waals surface area contributed by atoms with Crippen LogP contribution >= 0.6 is 22.9 Å². The Labute approximate surface area is 182 Å². The lowest BCUT2D eigenvalue weighted by Crippen LogP contribution is -2.37. The number of hydrogen-bond acceptors (Lipinski definition) is 7. The Kier molecular flexibility index (Phi) is 6.01. The quantitative estimate of drug-likeness (QED) is 0.617. The van der Waals surface area contributed by atoms with Crippen LogP contribution in [0.25, 0.3) is 6.08 Å². The number of hydrogen-bond donors (Lipinski definition) is 1. The van der Waals surface area contributed by atoms with Crippen LogP contribution in [0.3, 0.4) is 0 Å². The number of carbonyl (C=O) groups is 2. The van der Waals surface area contributed by atoms with Crippen molar-refractivity contribution in [3.05, 3.63) is 67.6 Å². The Bertz CT molecular complexity index is 1100. The second-order valence-electron chi connectivity index (χ2n) is 7.06. The molecule has 9 heteroatoms. The summed E-state index contributed by atoms with van der Waals surface area (Å²) in [4.78, 5) is 33.0. The normalized spacial score (nSPS) is 13.5. The minimum atomic E-state index is -0.138. The molecule has 0 bridgehead atoms. The van der Waals surface area contributed by atoms with Crippen molar-refractivity contribution in [1.82, 2.24) is 24.8 Å². The molecule has 0 radical (unpaired) electrons. The molecule has 0 saturated heterocycles. The van der Waals surface area contributed by atoms with Crippen molar-refractivity contribution in [3.63, 3.8) is 0 Å². The third-order valence-electron chi connectivity index (χ3n) is 5.11. The molecule has 1 aliphatic heterocycles. The second-order valence-corrected chi connectivity index (χ2v) is 8.79. The monoisotopic (exact) mass is 439 g/mol. The summed E-state index contributed by atoms with van der Waals surface area (Å²) in [6.45, 7) is 5.28. The van der Waals surface area contributed by atoms with Gasteiger partial charge in [0.25, 0.3) is 5.91 Å². The van der Waals surface area contributed by atoms with E-state index in [2.05, 4.69) is 19.9 Å². The second kappa shape index (κ2) is 8.85. The fourth-order valence-corrected chi connectivity index (χ4v) is 4.72. The molecule has 1 N–H and O–H groups in total. The van der Waals surface area contributed by atoms with Crippen LogP contribution in [0, 0.1) is 13.8 Å². The molecule has 1 aliphatic rings. The van der Waals surface area contributed by atoms with Gasteiger partial charge in [0.2, 0.25) is 5.91 Å². The van der Waals surface area contributed by atoms with Gasteiger partial charge in [-0.05, 0) is 66.0 Å². The van der Waals surface area contributed by atoms with Crippen LogP contribution in [-0.2, 0) is 24.3 Å². The van der Waals surface area contributed by atoms with Crippen LogP contribution in [0.2, 0.25) is 0 Å². The van der Waals surface area contributed by atoms with E-state index in [1.54, 1.807) is 24.3 Å². The van der Waals surface area contributed by atoms with E-state index in [-0.39, 0.29) is 11.8 Å². The summed E-state index contributed by atoms with van der Waals surface area (Å²) in [5.41, 5.74) is 4.80. The largest absolute Gasteiger partial charge is 0.348 e. The van der Waals surface area contributed by atoms with Crippen molar-refractivity contribution in [3.8, 4) is 0 Å². The lowest BCUT2D eigenvalue weighted by molar-refractivity contribution is -0.116. The maximum atomic E-state index is 12.8. The fourth-order valence-electron chi connectivity index (χ4n) is 3.48. The van der Waals surface area contributed by atoms with E-state index >= 15 is 0 Å². The first-order valence-corrected chi connectivity index (χ1v) is 11.2.